The van der Waals surface area contributed by atoms with Crippen molar-refractivity contribution in [2.24, 2.45) is 0 Å². The first kappa shape index (κ1) is 14.8. The smallest absolute Gasteiger partial charge is 0.0589 e. The summed E-state index contributed by atoms with van der Waals surface area (Å²) < 4.78 is 5.00. The first-order valence-corrected chi connectivity index (χ1v) is 5.76. The summed E-state index contributed by atoms with van der Waals surface area (Å²) in [4.78, 5) is 2.22. The molecule has 2 N–H and O–H groups in total. The highest BCUT2D eigenvalue weighted by Crippen LogP contribution is 1.94. The number of methoxy groups -OCH3 is 1. The fourth-order valence-electron chi connectivity index (χ4n) is 1.34. The van der Waals surface area contributed by atoms with E-state index in [9.17, 15) is 0 Å². The van der Waals surface area contributed by atoms with Gasteiger partial charge in [0.2, 0.25) is 0 Å². The van der Waals surface area contributed by atoms with Crippen molar-refractivity contribution < 1.29 is 9.84 Å². The molecule has 0 bridgehead atoms. The number of rotatable bonds is 10. The second-order valence-electron chi connectivity index (χ2n) is 3.92. The number of aliphatic hydroxyl groups excluding tert-OH is 1. The zero-order valence-corrected chi connectivity index (χ0v) is 10.3. The molecule has 0 radical (unpaired) electrons. The van der Waals surface area contributed by atoms with Gasteiger partial charge < -0.3 is 20.1 Å². The molecule has 0 aliphatic rings. The van der Waals surface area contributed by atoms with Crippen molar-refractivity contribution in [3.8, 4) is 0 Å². The van der Waals surface area contributed by atoms with Gasteiger partial charge in [-0.1, -0.05) is 6.92 Å². The quantitative estimate of drug-likeness (QED) is 0.554. The van der Waals surface area contributed by atoms with Crippen molar-refractivity contribution in [2.75, 3.05) is 47.0 Å². The minimum absolute atomic E-state index is 0.220. The molecule has 0 fully saturated rings. The highest BCUT2D eigenvalue weighted by Gasteiger charge is 2.07. The van der Waals surface area contributed by atoms with E-state index in [1.807, 2.05) is 0 Å². The molecular formula is C11H26N2O2. The van der Waals surface area contributed by atoms with Crippen LogP contribution in [-0.2, 0) is 4.74 Å². The molecule has 0 saturated heterocycles. The lowest BCUT2D eigenvalue weighted by Crippen LogP contribution is -2.36. The van der Waals surface area contributed by atoms with Gasteiger partial charge in [-0.25, -0.2) is 0 Å². The van der Waals surface area contributed by atoms with Gasteiger partial charge in [-0.3, -0.25) is 0 Å². The molecule has 92 valence electrons. The zero-order valence-electron chi connectivity index (χ0n) is 10.3. The van der Waals surface area contributed by atoms with E-state index in [4.69, 9.17) is 9.84 Å². The Morgan fingerprint density at radius 2 is 2.13 bits per heavy atom. The average molecular weight is 218 g/mol. The topological polar surface area (TPSA) is 44.7 Å². The number of nitrogens with one attached hydrogen (secondary N) is 1. The van der Waals surface area contributed by atoms with Crippen LogP contribution < -0.4 is 5.32 Å². The zero-order chi connectivity index (χ0) is 11.5. The fourth-order valence-corrected chi connectivity index (χ4v) is 1.34. The summed E-state index contributed by atoms with van der Waals surface area (Å²) >= 11 is 0. The Balaban J connectivity index is 3.50. The molecule has 15 heavy (non-hydrogen) atoms. The molecule has 4 heteroatoms. The Morgan fingerprint density at radius 3 is 2.67 bits per heavy atom. The predicted molar refractivity (Wildman–Crippen MR) is 63.2 cm³/mol. The molecule has 0 saturated carbocycles. The number of nitrogens with zero attached hydrogens (tertiary/aromatic N) is 1. The molecule has 0 spiro atoms. The van der Waals surface area contributed by atoms with Crippen LogP contribution in [0.4, 0.5) is 0 Å². The normalized spacial score (nSPS) is 13.4. The minimum atomic E-state index is 0.220. The highest BCUT2D eigenvalue weighted by molar-refractivity contribution is 4.67. The lowest BCUT2D eigenvalue weighted by molar-refractivity contribution is 0.154. The molecule has 0 aromatic heterocycles. The second kappa shape index (κ2) is 10.4. The molecule has 1 unspecified atom stereocenters. The van der Waals surface area contributed by atoms with Gasteiger partial charge in [-0.15, -0.1) is 0 Å². The molecule has 0 heterocycles. The van der Waals surface area contributed by atoms with E-state index in [0.29, 0.717) is 0 Å². The molecular weight excluding hydrogens is 192 g/mol. The van der Waals surface area contributed by atoms with Crippen LogP contribution in [-0.4, -0.2) is 63.1 Å². The van der Waals surface area contributed by atoms with E-state index in [1.165, 1.54) is 0 Å². The SMILES string of the molecule is CCCNC(CO)CCN(C)CCOC. The predicted octanol–water partition coefficient (Wildman–Crippen LogP) is 0.315. The Labute approximate surface area is 93.6 Å². The Kier molecular flexibility index (Phi) is 10.3. The number of aliphatic hydroxyl groups is 1. The third-order valence-corrected chi connectivity index (χ3v) is 2.44. The highest BCUT2D eigenvalue weighted by atomic mass is 16.5. The maximum Gasteiger partial charge on any atom is 0.0589 e. The molecule has 0 aromatic rings. The van der Waals surface area contributed by atoms with Gasteiger partial charge in [0.1, 0.15) is 0 Å². The first-order valence-electron chi connectivity index (χ1n) is 5.76. The maximum atomic E-state index is 9.14. The summed E-state index contributed by atoms with van der Waals surface area (Å²) in [5.74, 6) is 0. The van der Waals surface area contributed by atoms with Crippen molar-refractivity contribution >= 4 is 0 Å². The molecule has 0 aliphatic heterocycles. The van der Waals surface area contributed by atoms with Crippen molar-refractivity contribution in [3.05, 3.63) is 0 Å². The standard InChI is InChI=1S/C11H26N2O2/c1-4-6-12-11(10-14)5-7-13(2)8-9-15-3/h11-12,14H,4-10H2,1-3H3. The van der Waals surface area contributed by atoms with Crippen LogP contribution in [0.25, 0.3) is 0 Å². The summed E-state index contributed by atoms with van der Waals surface area (Å²) in [6.07, 6.45) is 2.09. The van der Waals surface area contributed by atoms with Crippen LogP contribution in [0, 0.1) is 0 Å². The van der Waals surface area contributed by atoms with Gasteiger partial charge in [0, 0.05) is 19.7 Å². The second-order valence-corrected chi connectivity index (χ2v) is 3.92. The van der Waals surface area contributed by atoms with Crippen LogP contribution >= 0.6 is 0 Å². The molecule has 4 nitrogen and oxygen atoms in total. The minimum Gasteiger partial charge on any atom is -0.395 e. The molecule has 0 aromatic carbocycles. The summed E-state index contributed by atoms with van der Waals surface area (Å²) in [5, 5.41) is 12.5. The van der Waals surface area contributed by atoms with Crippen LogP contribution in [0.2, 0.25) is 0 Å². The van der Waals surface area contributed by atoms with Crippen LogP contribution in [0.5, 0.6) is 0 Å². The van der Waals surface area contributed by atoms with Crippen LogP contribution in [0.3, 0.4) is 0 Å². The molecule has 0 rings (SSSR count). The van der Waals surface area contributed by atoms with Gasteiger partial charge >= 0.3 is 0 Å². The first-order chi connectivity index (χ1) is 7.24. The Bertz CT molecular complexity index is 134. The molecule has 1 atom stereocenters. The summed E-state index contributed by atoms with van der Waals surface area (Å²) in [6.45, 7) is 6.04. The molecule has 0 aliphatic carbocycles. The van der Waals surface area contributed by atoms with Gasteiger partial charge in [0.25, 0.3) is 0 Å². The third-order valence-electron chi connectivity index (χ3n) is 2.44. The lowest BCUT2D eigenvalue weighted by Gasteiger charge is -2.20. The van der Waals surface area contributed by atoms with E-state index in [1.54, 1.807) is 7.11 Å². The van der Waals surface area contributed by atoms with Crippen molar-refractivity contribution in [3.63, 3.8) is 0 Å². The summed E-state index contributed by atoms with van der Waals surface area (Å²) in [7, 11) is 3.79. The van der Waals surface area contributed by atoms with E-state index in [2.05, 4.69) is 24.2 Å². The number of likely N-dealkylation sites (N-methyl/N-ethyl adjacent to an activating group) is 1. The van der Waals surface area contributed by atoms with Crippen molar-refractivity contribution in [1.29, 1.82) is 0 Å². The van der Waals surface area contributed by atoms with Gasteiger partial charge in [-0.05, 0) is 33.0 Å². The van der Waals surface area contributed by atoms with Crippen molar-refractivity contribution in [1.82, 2.24) is 10.2 Å². The van der Waals surface area contributed by atoms with Crippen molar-refractivity contribution in [2.45, 2.75) is 25.8 Å². The number of hydrogen-bond donors (Lipinski definition) is 2. The number of ether oxygens (including phenoxy) is 1. The van der Waals surface area contributed by atoms with E-state index in [0.717, 1.165) is 39.1 Å². The van der Waals surface area contributed by atoms with E-state index >= 15 is 0 Å². The number of hydrogen-bond acceptors (Lipinski definition) is 4. The van der Waals surface area contributed by atoms with E-state index in [-0.39, 0.29) is 12.6 Å². The van der Waals surface area contributed by atoms with Crippen LogP contribution in [0.1, 0.15) is 19.8 Å². The largest absolute Gasteiger partial charge is 0.395 e. The molecule has 0 amide bonds. The fraction of sp³-hybridized carbons (Fsp3) is 1.00. The van der Waals surface area contributed by atoms with Crippen LogP contribution in [0.15, 0.2) is 0 Å². The third kappa shape index (κ3) is 8.81. The van der Waals surface area contributed by atoms with E-state index < -0.39 is 0 Å². The Hall–Kier alpha value is -0.160. The summed E-state index contributed by atoms with van der Waals surface area (Å²) in [6, 6.07) is 0.231. The van der Waals surface area contributed by atoms with Gasteiger partial charge in [0.15, 0.2) is 0 Å². The lowest BCUT2D eigenvalue weighted by atomic mass is 10.2. The monoisotopic (exact) mass is 218 g/mol. The van der Waals surface area contributed by atoms with Gasteiger partial charge in [-0.2, -0.15) is 0 Å². The Morgan fingerprint density at radius 1 is 1.40 bits per heavy atom. The summed E-state index contributed by atoms with van der Waals surface area (Å²) in [5.41, 5.74) is 0. The van der Waals surface area contributed by atoms with Gasteiger partial charge in [0.05, 0.1) is 13.2 Å². The average Bonchev–Trinajstić information content (AvgIpc) is 2.26. The maximum absolute atomic E-state index is 9.14.